The molecule has 1 unspecified atom stereocenters. The first-order valence-corrected chi connectivity index (χ1v) is 12.8. The molecule has 0 saturated carbocycles. The summed E-state index contributed by atoms with van der Waals surface area (Å²) in [4.78, 5) is 29.4. The summed E-state index contributed by atoms with van der Waals surface area (Å²) in [7, 11) is 0. The van der Waals surface area contributed by atoms with Crippen LogP contribution in [0.4, 0.5) is 5.88 Å². The largest absolute Gasteiger partial charge is 0.584 e. The molecule has 8 heteroatoms. The van der Waals surface area contributed by atoms with Crippen molar-refractivity contribution < 1.29 is 18.9 Å². The Morgan fingerprint density at radius 3 is 2.25 bits per heavy atom. The molecule has 0 bridgehead atoms. The molecule has 0 spiro atoms. The van der Waals surface area contributed by atoms with E-state index in [0.29, 0.717) is 11.5 Å². The number of aromatic nitrogens is 2. The summed E-state index contributed by atoms with van der Waals surface area (Å²) in [6.45, 7) is 8.72. The Morgan fingerprint density at radius 1 is 0.972 bits per heavy atom. The van der Waals surface area contributed by atoms with Gasteiger partial charge in [0.25, 0.3) is 6.20 Å². The van der Waals surface area contributed by atoms with Crippen LogP contribution >= 0.6 is 0 Å². The molecule has 1 aliphatic rings. The molecule has 0 aliphatic carbocycles. The van der Waals surface area contributed by atoms with E-state index in [0.717, 1.165) is 57.5 Å². The zero-order chi connectivity index (χ0) is 25.3. The number of amides is 1. The highest BCUT2D eigenvalue weighted by molar-refractivity contribution is 6.07. The smallest absolute Gasteiger partial charge is 0.257 e. The molecule has 4 rings (SSSR count). The number of carbonyl (C=O) groups excluding carboxylic acids is 2. The van der Waals surface area contributed by atoms with E-state index in [1.165, 1.54) is 0 Å². The van der Waals surface area contributed by atoms with E-state index < -0.39 is 0 Å². The predicted octanol–water partition coefficient (Wildman–Crippen LogP) is 4.39. The molecule has 1 amide bonds. The first-order valence-electron chi connectivity index (χ1n) is 12.8. The second-order valence-corrected chi connectivity index (χ2v) is 9.74. The fourth-order valence-electron chi connectivity index (χ4n) is 4.65. The fraction of sp³-hybridized carbons (Fsp3) is 0.429. The molecular weight excluding hydrogens is 454 g/mol. The molecule has 2 heterocycles. The topological polar surface area (TPSA) is 84.6 Å². The molecule has 1 aromatic heterocycles. The minimum absolute atomic E-state index is 0.0696. The first kappa shape index (κ1) is 25.6. The van der Waals surface area contributed by atoms with Gasteiger partial charge in [-0.05, 0) is 37.3 Å². The van der Waals surface area contributed by atoms with E-state index in [9.17, 15) is 9.59 Å². The van der Waals surface area contributed by atoms with Crippen molar-refractivity contribution in [3.63, 3.8) is 0 Å². The van der Waals surface area contributed by atoms with Gasteiger partial charge in [-0.1, -0.05) is 74.5 Å². The van der Waals surface area contributed by atoms with E-state index in [4.69, 9.17) is 4.52 Å². The van der Waals surface area contributed by atoms with Crippen molar-refractivity contribution in [3.05, 3.63) is 83.3 Å². The lowest BCUT2D eigenvalue weighted by Gasteiger charge is -2.30. The fourth-order valence-corrected chi connectivity index (χ4v) is 4.65. The Hall–Kier alpha value is -3.52. The summed E-state index contributed by atoms with van der Waals surface area (Å²) in [5.41, 5.74) is 1.33. The number of ketones is 1. The van der Waals surface area contributed by atoms with Crippen LogP contribution in [-0.4, -0.2) is 54.6 Å². The van der Waals surface area contributed by atoms with Gasteiger partial charge in [-0.15, -0.1) is 0 Å². The first-order chi connectivity index (χ1) is 17.5. The van der Waals surface area contributed by atoms with Gasteiger partial charge in [-0.2, -0.15) is 5.01 Å². The number of Topliss-reactive ketones (excluding diaryl/α,β-unsaturated/α-hetero) is 1. The summed E-state index contributed by atoms with van der Waals surface area (Å²) in [6.07, 6.45) is 4.47. The quantitative estimate of drug-likeness (QED) is 0.293. The summed E-state index contributed by atoms with van der Waals surface area (Å²) in [5, 5.41) is 10.1. The van der Waals surface area contributed by atoms with Gasteiger partial charge in [0.2, 0.25) is 5.27 Å². The zero-order valence-corrected chi connectivity index (χ0v) is 21.1. The molecule has 1 fully saturated rings. The average molecular weight is 490 g/mol. The molecule has 2 aromatic carbocycles. The Kier molecular flexibility index (Phi) is 8.84. The van der Waals surface area contributed by atoms with Gasteiger partial charge in [-0.3, -0.25) is 9.69 Å². The van der Waals surface area contributed by atoms with Gasteiger partial charge in [0.15, 0.2) is 5.78 Å². The molecule has 8 nitrogen and oxygen atoms in total. The van der Waals surface area contributed by atoms with Crippen molar-refractivity contribution in [1.82, 2.24) is 10.2 Å². The predicted molar refractivity (Wildman–Crippen MR) is 138 cm³/mol. The molecule has 0 radical (unpaired) electrons. The third-order valence-corrected chi connectivity index (χ3v) is 6.53. The maximum Gasteiger partial charge on any atom is 0.257 e. The highest BCUT2D eigenvalue weighted by Gasteiger charge is 2.26. The van der Waals surface area contributed by atoms with Crippen LogP contribution in [0.25, 0.3) is 5.32 Å². The molecule has 0 N–H and O–H groups in total. The lowest BCUT2D eigenvalue weighted by molar-refractivity contribution is -0.759. The van der Waals surface area contributed by atoms with Crippen LogP contribution in [0, 0.1) is 11.8 Å². The number of nitrogens with zero attached hydrogens (tertiary/aromatic N) is 5. The lowest BCUT2D eigenvalue weighted by atomic mass is 9.86. The second kappa shape index (κ2) is 12.4. The lowest BCUT2D eigenvalue weighted by Crippen LogP contribution is -2.65. The van der Waals surface area contributed by atoms with Gasteiger partial charge in [0, 0.05) is 24.6 Å². The molecule has 1 atom stereocenters. The summed E-state index contributed by atoms with van der Waals surface area (Å²) in [6, 6.07) is 18.6. The third-order valence-electron chi connectivity index (χ3n) is 6.53. The van der Waals surface area contributed by atoms with Crippen LogP contribution in [-0.2, 0) is 0 Å². The SMILES string of the molecule is CC(C)CC(CCCN1CCN([n+]2cc([N-]C(=O)c3ccccc3)on2)CC1)C(=O)c1ccccc1. The van der Waals surface area contributed by atoms with E-state index in [2.05, 4.69) is 34.3 Å². The summed E-state index contributed by atoms with van der Waals surface area (Å²) in [5.74, 6) is 0.657. The Morgan fingerprint density at radius 2 is 1.61 bits per heavy atom. The van der Waals surface area contributed by atoms with Crippen LogP contribution < -0.4 is 9.80 Å². The van der Waals surface area contributed by atoms with Crippen molar-refractivity contribution in [2.24, 2.45) is 11.8 Å². The number of piperazine rings is 1. The standard InChI is InChI=1S/C28H35N5O3/c1-22(2)20-25(27(34)23-10-5-3-6-11-23)14-9-15-31-16-18-32(19-17-31)33-21-26(36-30-33)29-28(35)24-12-7-4-8-13-24/h3-8,10-13,21-22,25H,9,14-20H2,1-2H3. The molecule has 1 aliphatic heterocycles. The Balaban J connectivity index is 1.22. The van der Waals surface area contributed by atoms with Gasteiger partial charge in [-0.25, -0.2) is 0 Å². The van der Waals surface area contributed by atoms with Crippen LogP contribution in [0.3, 0.4) is 0 Å². The Labute approximate surface area is 212 Å². The van der Waals surface area contributed by atoms with Crippen LogP contribution in [0.15, 0.2) is 71.4 Å². The zero-order valence-electron chi connectivity index (χ0n) is 21.1. The van der Waals surface area contributed by atoms with E-state index in [1.807, 2.05) is 36.4 Å². The van der Waals surface area contributed by atoms with Gasteiger partial charge in [0.1, 0.15) is 5.88 Å². The third kappa shape index (κ3) is 7.01. The molecule has 190 valence electrons. The highest BCUT2D eigenvalue weighted by atomic mass is 16.5. The van der Waals surface area contributed by atoms with Crippen molar-refractivity contribution in [1.29, 1.82) is 0 Å². The number of hydrogen-bond donors (Lipinski definition) is 0. The maximum atomic E-state index is 13.0. The van der Waals surface area contributed by atoms with Crippen LogP contribution in [0.2, 0.25) is 0 Å². The summed E-state index contributed by atoms with van der Waals surface area (Å²) < 4.78 is 5.26. The highest BCUT2D eigenvalue weighted by Crippen LogP contribution is 2.23. The van der Waals surface area contributed by atoms with E-state index in [1.54, 1.807) is 35.3 Å². The van der Waals surface area contributed by atoms with E-state index >= 15 is 0 Å². The molecule has 1 saturated heterocycles. The van der Waals surface area contributed by atoms with Gasteiger partial charge in [0.05, 0.1) is 23.8 Å². The van der Waals surface area contributed by atoms with Crippen LogP contribution in [0.1, 0.15) is 53.8 Å². The normalized spacial score (nSPS) is 15.1. The minimum Gasteiger partial charge on any atom is -0.584 e. The second-order valence-electron chi connectivity index (χ2n) is 9.74. The monoisotopic (exact) mass is 489 g/mol. The summed E-state index contributed by atoms with van der Waals surface area (Å²) >= 11 is 0. The van der Waals surface area contributed by atoms with E-state index in [-0.39, 0.29) is 23.5 Å². The Bertz CT molecular complexity index is 1110. The number of rotatable bonds is 11. The van der Waals surface area contributed by atoms with Crippen LogP contribution in [0.5, 0.6) is 0 Å². The van der Waals surface area contributed by atoms with Crippen molar-refractivity contribution in [2.45, 2.75) is 33.1 Å². The van der Waals surface area contributed by atoms with Crippen molar-refractivity contribution in [3.8, 4) is 0 Å². The average Bonchev–Trinajstić information content (AvgIpc) is 3.37. The molecule has 36 heavy (non-hydrogen) atoms. The van der Waals surface area contributed by atoms with Gasteiger partial charge < -0.3 is 14.6 Å². The minimum atomic E-state index is -0.356. The van der Waals surface area contributed by atoms with Gasteiger partial charge >= 0.3 is 0 Å². The maximum absolute atomic E-state index is 13.0. The number of hydrogen-bond acceptors (Lipinski definition) is 6. The van der Waals surface area contributed by atoms with Crippen molar-refractivity contribution in [2.75, 3.05) is 37.7 Å². The molecular formula is C28H35N5O3. The van der Waals surface area contributed by atoms with Crippen molar-refractivity contribution >= 4 is 17.6 Å². The number of carbonyl (C=O) groups is 2. The molecule has 3 aromatic rings. The number of benzene rings is 2.